The largest absolute Gasteiger partial charge is 0.459 e. The van der Waals surface area contributed by atoms with Crippen molar-refractivity contribution in [2.45, 2.75) is 116 Å². The smallest absolute Gasteiger partial charge is 0.311 e. The molecule has 2 aliphatic heterocycles. The molecule has 2 aliphatic rings. The van der Waals surface area contributed by atoms with Gasteiger partial charge in [-0.15, -0.1) is 0 Å². The highest BCUT2D eigenvalue weighted by Crippen LogP contribution is 2.36. The monoisotopic (exact) mass is 525 g/mol. The zero-order chi connectivity index (χ0) is 28.1. The number of ketones is 1. The van der Waals surface area contributed by atoms with Gasteiger partial charge in [-0.05, 0) is 96.9 Å². The molecule has 214 valence electrons. The number of esters is 1. The van der Waals surface area contributed by atoms with E-state index in [2.05, 4.69) is 25.9 Å². The molecule has 0 aromatic rings. The predicted molar refractivity (Wildman–Crippen MR) is 143 cm³/mol. The number of ether oxygens (including phenoxy) is 2. The van der Waals surface area contributed by atoms with Gasteiger partial charge in [0.25, 0.3) is 0 Å². The van der Waals surface area contributed by atoms with E-state index >= 15 is 0 Å². The van der Waals surface area contributed by atoms with Crippen LogP contribution in [0, 0.1) is 23.7 Å². The summed E-state index contributed by atoms with van der Waals surface area (Å²) < 4.78 is 11.9. The first-order valence-corrected chi connectivity index (χ1v) is 14.0. The second-order valence-corrected chi connectivity index (χ2v) is 11.9. The molecule has 2 heterocycles. The number of aliphatic hydroxyl groups excluding tert-OH is 2. The van der Waals surface area contributed by atoms with Gasteiger partial charge in [0.15, 0.2) is 5.78 Å². The summed E-state index contributed by atoms with van der Waals surface area (Å²) in [5.74, 6) is -2.05. The summed E-state index contributed by atoms with van der Waals surface area (Å²) in [7, 11) is 4.18. The third-order valence-electron chi connectivity index (χ3n) is 8.74. The quantitative estimate of drug-likeness (QED) is 0.469. The van der Waals surface area contributed by atoms with Crippen LogP contribution in [0.4, 0.5) is 0 Å². The molecule has 8 nitrogen and oxygen atoms in total. The average molecular weight is 526 g/mol. The third-order valence-corrected chi connectivity index (χ3v) is 8.74. The molecular weight excluding hydrogens is 474 g/mol. The highest BCUT2D eigenvalue weighted by atomic mass is 16.6. The standard InChI is InChI=1S/C29H51NO7/c1-9-25-29(35,16-31)15-18(3)26(32)17(2)10-11-22(20(5)27(33)21(6)28(34)37-25)13-24-14-23(30(7)8)12-19(4)36-24/h15,17,19-25,27,31,33,35H,9-14,16H2,1-8H3/b18-15+/t17-,19-,20-,21-,22-,23+,24+,25-,27+,29-/m1/s1. The summed E-state index contributed by atoms with van der Waals surface area (Å²) in [6.07, 6.45) is 3.67. The van der Waals surface area contributed by atoms with Crippen molar-refractivity contribution in [1.29, 1.82) is 0 Å². The van der Waals surface area contributed by atoms with E-state index in [1.165, 1.54) is 6.08 Å². The van der Waals surface area contributed by atoms with Gasteiger partial charge in [0.2, 0.25) is 0 Å². The van der Waals surface area contributed by atoms with Crippen LogP contribution >= 0.6 is 0 Å². The Kier molecular flexibility index (Phi) is 11.8. The number of aliphatic hydroxyl groups is 3. The van der Waals surface area contributed by atoms with Gasteiger partial charge < -0.3 is 29.7 Å². The molecule has 0 unspecified atom stereocenters. The van der Waals surface area contributed by atoms with E-state index in [1.54, 1.807) is 20.8 Å². The fraction of sp³-hybridized carbons (Fsp3) is 0.862. The molecule has 2 rings (SSSR count). The van der Waals surface area contributed by atoms with Gasteiger partial charge in [-0.25, -0.2) is 0 Å². The maximum atomic E-state index is 13.2. The van der Waals surface area contributed by atoms with Gasteiger partial charge in [0.1, 0.15) is 11.7 Å². The Morgan fingerprint density at radius 1 is 1.11 bits per heavy atom. The lowest BCUT2D eigenvalue weighted by molar-refractivity contribution is -0.173. The van der Waals surface area contributed by atoms with Gasteiger partial charge in [0.05, 0.1) is 30.8 Å². The SMILES string of the molecule is CC[C@H]1OC(=O)[C@H](C)[C@@H](O)[C@H](C)[C@@H](C[C@H]2C[C@@H](N(C)C)C[C@@H](C)O2)CC[C@@H](C)C(=O)/C(C)=C/[C@@]1(O)CO. The number of rotatable bonds is 5. The maximum absolute atomic E-state index is 13.2. The predicted octanol–water partition coefficient (Wildman–Crippen LogP) is 3.11. The van der Waals surface area contributed by atoms with Crippen molar-refractivity contribution in [3.63, 3.8) is 0 Å². The molecule has 1 fully saturated rings. The van der Waals surface area contributed by atoms with Crippen LogP contribution in [0.3, 0.4) is 0 Å². The molecule has 0 bridgehead atoms. The number of carbonyl (C=O) groups is 2. The second-order valence-electron chi connectivity index (χ2n) is 11.9. The first-order chi connectivity index (χ1) is 17.2. The molecule has 3 N–H and O–H groups in total. The number of nitrogens with zero attached hydrogens (tertiary/aromatic N) is 1. The van der Waals surface area contributed by atoms with Crippen LogP contribution in [-0.2, 0) is 19.1 Å². The lowest BCUT2D eigenvalue weighted by Gasteiger charge is -2.40. The van der Waals surface area contributed by atoms with Crippen molar-refractivity contribution in [1.82, 2.24) is 4.90 Å². The summed E-state index contributed by atoms with van der Waals surface area (Å²) in [4.78, 5) is 28.5. The van der Waals surface area contributed by atoms with E-state index in [1.807, 2.05) is 13.8 Å². The summed E-state index contributed by atoms with van der Waals surface area (Å²) in [6.45, 7) is 10.3. The maximum Gasteiger partial charge on any atom is 0.311 e. The molecule has 0 aromatic heterocycles. The van der Waals surface area contributed by atoms with Crippen LogP contribution in [-0.4, -0.2) is 88.7 Å². The Balaban J connectivity index is 2.38. The van der Waals surface area contributed by atoms with Crippen LogP contribution in [0.5, 0.6) is 0 Å². The first-order valence-electron chi connectivity index (χ1n) is 14.0. The number of cyclic esters (lactones) is 1. The van der Waals surface area contributed by atoms with Gasteiger partial charge >= 0.3 is 5.97 Å². The number of Topliss-reactive ketones (excluding diaryl/α,β-unsaturated/α-hetero) is 1. The van der Waals surface area contributed by atoms with E-state index < -0.39 is 36.3 Å². The molecule has 37 heavy (non-hydrogen) atoms. The van der Waals surface area contributed by atoms with Crippen LogP contribution < -0.4 is 0 Å². The highest BCUT2D eigenvalue weighted by Gasteiger charge is 2.41. The van der Waals surface area contributed by atoms with Crippen LogP contribution in [0.25, 0.3) is 0 Å². The van der Waals surface area contributed by atoms with Crippen molar-refractivity contribution in [2.75, 3.05) is 20.7 Å². The van der Waals surface area contributed by atoms with E-state index in [9.17, 15) is 24.9 Å². The summed E-state index contributed by atoms with van der Waals surface area (Å²) in [6, 6.07) is 0.422. The number of hydrogen-bond donors (Lipinski definition) is 3. The van der Waals surface area contributed by atoms with Crippen LogP contribution in [0.15, 0.2) is 11.6 Å². The summed E-state index contributed by atoms with van der Waals surface area (Å²) in [5.41, 5.74) is -1.54. The summed E-state index contributed by atoms with van der Waals surface area (Å²) in [5, 5.41) is 32.4. The van der Waals surface area contributed by atoms with E-state index in [-0.39, 0.29) is 42.2 Å². The Morgan fingerprint density at radius 3 is 2.32 bits per heavy atom. The molecule has 0 spiro atoms. The van der Waals surface area contributed by atoms with Crippen molar-refractivity contribution in [3.8, 4) is 0 Å². The van der Waals surface area contributed by atoms with Crippen molar-refractivity contribution in [3.05, 3.63) is 11.6 Å². The molecule has 8 heteroatoms. The van der Waals surface area contributed by atoms with Crippen molar-refractivity contribution >= 4 is 11.8 Å². The fourth-order valence-electron chi connectivity index (χ4n) is 6.06. The molecule has 0 saturated carbocycles. The molecule has 10 atom stereocenters. The molecule has 0 amide bonds. The van der Waals surface area contributed by atoms with Crippen molar-refractivity contribution < 1.29 is 34.4 Å². The Morgan fingerprint density at radius 2 is 1.76 bits per heavy atom. The van der Waals surface area contributed by atoms with E-state index in [4.69, 9.17) is 9.47 Å². The zero-order valence-corrected chi connectivity index (χ0v) is 24.1. The van der Waals surface area contributed by atoms with E-state index in [0.717, 1.165) is 19.3 Å². The number of carbonyl (C=O) groups excluding carboxylic acids is 2. The molecule has 1 saturated heterocycles. The van der Waals surface area contributed by atoms with Gasteiger partial charge in [0, 0.05) is 12.0 Å². The van der Waals surface area contributed by atoms with Gasteiger partial charge in [-0.1, -0.05) is 20.8 Å². The minimum atomic E-state index is -1.88. The Labute approximate surface area is 223 Å². The van der Waals surface area contributed by atoms with Crippen molar-refractivity contribution in [2.24, 2.45) is 23.7 Å². The number of hydrogen-bond acceptors (Lipinski definition) is 8. The second kappa shape index (κ2) is 13.7. The molecular formula is C29H51NO7. The lowest BCUT2D eigenvalue weighted by atomic mass is 9.75. The summed E-state index contributed by atoms with van der Waals surface area (Å²) >= 11 is 0. The minimum Gasteiger partial charge on any atom is -0.459 e. The van der Waals surface area contributed by atoms with E-state index in [0.29, 0.717) is 24.5 Å². The Bertz CT molecular complexity index is 799. The molecule has 0 radical (unpaired) electrons. The Hall–Kier alpha value is -1.32. The molecule has 0 aromatic carbocycles. The third kappa shape index (κ3) is 8.09. The highest BCUT2D eigenvalue weighted by molar-refractivity contribution is 5.96. The normalized spacial score (nSPS) is 42.6. The van der Waals surface area contributed by atoms with Gasteiger partial charge in [-0.2, -0.15) is 0 Å². The topological polar surface area (TPSA) is 117 Å². The zero-order valence-electron chi connectivity index (χ0n) is 24.1. The average Bonchev–Trinajstić information content (AvgIpc) is 2.86. The van der Waals surface area contributed by atoms with Crippen LogP contribution in [0.2, 0.25) is 0 Å². The molecule has 0 aliphatic carbocycles. The minimum absolute atomic E-state index is 0.0358. The lowest BCUT2D eigenvalue weighted by Crippen LogP contribution is -2.48. The van der Waals surface area contributed by atoms with Crippen LogP contribution in [0.1, 0.15) is 80.1 Å². The first kappa shape index (κ1) is 31.9. The van der Waals surface area contributed by atoms with Gasteiger partial charge in [-0.3, -0.25) is 9.59 Å². The fourth-order valence-corrected chi connectivity index (χ4v) is 6.06. The number of allylic oxidation sites excluding steroid dienone is 1.